The Balaban J connectivity index is 2.62. The van der Waals surface area contributed by atoms with Crippen molar-refractivity contribution in [2.45, 2.75) is 18.9 Å². The van der Waals surface area contributed by atoms with Gasteiger partial charge in [0.1, 0.15) is 0 Å². The molecule has 0 bridgehead atoms. The molecule has 0 aliphatic rings. The summed E-state index contributed by atoms with van der Waals surface area (Å²) in [5.41, 5.74) is 1.11. The highest BCUT2D eigenvalue weighted by atomic mass is 35.5. The molecule has 0 aliphatic heterocycles. The molecule has 92 valence electrons. The van der Waals surface area contributed by atoms with Crippen molar-refractivity contribution in [3.8, 4) is 0 Å². The van der Waals surface area contributed by atoms with Gasteiger partial charge in [-0.15, -0.1) is 6.58 Å². The van der Waals surface area contributed by atoms with Crippen molar-refractivity contribution in [1.29, 1.82) is 0 Å². The molecule has 1 atom stereocenters. The minimum atomic E-state index is -0.425. The van der Waals surface area contributed by atoms with Crippen LogP contribution in [0.5, 0.6) is 0 Å². The largest absolute Gasteiger partial charge is 0.453 e. The Hall–Kier alpha value is -1.48. The van der Waals surface area contributed by atoms with Crippen LogP contribution < -0.4 is 5.32 Å². The van der Waals surface area contributed by atoms with Crippen LogP contribution in [0.4, 0.5) is 4.79 Å². The first kappa shape index (κ1) is 13.6. The van der Waals surface area contributed by atoms with Crippen molar-refractivity contribution in [2.24, 2.45) is 0 Å². The molecule has 0 saturated carbocycles. The maximum Gasteiger partial charge on any atom is 0.407 e. The lowest BCUT2D eigenvalue weighted by Crippen LogP contribution is -2.35. The molecule has 0 unspecified atom stereocenters. The molecule has 0 aliphatic carbocycles. The van der Waals surface area contributed by atoms with Gasteiger partial charge in [0.2, 0.25) is 0 Å². The van der Waals surface area contributed by atoms with Crippen molar-refractivity contribution in [3.05, 3.63) is 47.5 Å². The molecule has 17 heavy (non-hydrogen) atoms. The second-order valence-electron chi connectivity index (χ2n) is 3.69. The topological polar surface area (TPSA) is 38.3 Å². The highest BCUT2D eigenvalue weighted by molar-refractivity contribution is 6.30. The molecule has 3 nitrogen and oxygen atoms in total. The van der Waals surface area contributed by atoms with E-state index in [1.807, 2.05) is 24.3 Å². The molecule has 0 saturated heterocycles. The third-order valence-electron chi connectivity index (χ3n) is 2.35. The number of nitrogens with one attached hydrogen (secondary N) is 1. The molecule has 1 N–H and O–H groups in total. The fourth-order valence-corrected chi connectivity index (χ4v) is 1.65. The van der Waals surface area contributed by atoms with E-state index in [2.05, 4.69) is 16.6 Å². The average molecular weight is 254 g/mol. The van der Waals surface area contributed by atoms with Gasteiger partial charge in [0.25, 0.3) is 0 Å². The molecule has 1 aromatic rings. The summed E-state index contributed by atoms with van der Waals surface area (Å²) in [4.78, 5) is 11.2. The fourth-order valence-electron chi connectivity index (χ4n) is 1.53. The van der Waals surface area contributed by atoms with Crippen LogP contribution in [0.25, 0.3) is 0 Å². The molecule has 0 spiro atoms. The summed E-state index contributed by atoms with van der Waals surface area (Å²) in [6.07, 6.45) is 2.76. The van der Waals surface area contributed by atoms with Crippen molar-refractivity contribution < 1.29 is 9.53 Å². The Morgan fingerprint density at radius 3 is 2.71 bits per heavy atom. The Bertz CT molecular complexity index is 376. The number of carbonyl (C=O) groups excluding carboxylic acids is 1. The van der Waals surface area contributed by atoms with Gasteiger partial charge in [0.15, 0.2) is 0 Å². The first-order chi connectivity index (χ1) is 8.15. The lowest BCUT2D eigenvalue weighted by molar-refractivity contribution is 0.166. The molecule has 0 fully saturated rings. The van der Waals surface area contributed by atoms with E-state index in [0.717, 1.165) is 12.0 Å². The van der Waals surface area contributed by atoms with Crippen LogP contribution in [0.1, 0.15) is 12.0 Å². The van der Waals surface area contributed by atoms with Gasteiger partial charge in [-0.3, -0.25) is 0 Å². The van der Waals surface area contributed by atoms with Crippen molar-refractivity contribution in [1.82, 2.24) is 5.32 Å². The standard InChI is InChI=1S/C13H16ClNO2/c1-3-4-12(15-13(16)17-2)9-10-5-7-11(14)8-6-10/h3,5-8,12H,1,4,9H2,2H3,(H,15,16)/t12-/m0/s1. The van der Waals surface area contributed by atoms with Gasteiger partial charge < -0.3 is 10.1 Å². The fraction of sp³-hybridized carbons (Fsp3) is 0.308. The lowest BCUT2D eigenvalue weighted by Gasteiger charge is -2.16. The number of ether oxygens (including phenoxy) is 1. The van der Waals surface area contributed by atoms with E-state index in [0.29, 0.717) is 11.4 Å². The summed E-state index contributed by atoms with van der Waals surface area (Å²) in [6.45, 7) is 3.68. The Kier molecular flexibility index (Phi) is 5.57. The van der Waals surface area contributed by atoms with Crippen LogP contribution in [-0.2, 0) is 11.2 Å². The zero-order chi connectivity index (χ0) is 12.7. The summed E-state index contributed by atoms with van der Waals surface area (Å²) in [5.74, 6) is 0. The maximum atomic E-state index is 11.2. The number of amides is 1. The van der Waals surface area contributed by atoms with Crippen LogP contribution in [-0.4, -0.2) is 19.2 Å². The van der Waals surface area contributed by atoms with Crippen LogP contribution in [0, 0.1) is 0 Å². The Morgan fingerprint density at radius 1 is 1.53 bits per heavy atom. The maximum absolute atomic E-state index is 11.2. The first-order valence-electron chi connectivity index (χ1n) is 5.35. The molecule has 4 heteroatoms. The van der Waals surface area contributed by atoms with E-state index in [4.69, 9.17) is 11.6 Å². The van der Waals surface area contributed by atoms with Gasteiger partial charge >= 0.3 is 6.09 Å². The molecule has 1 amide bonds. The zero-order valence-electron chi connectivity index (χ0n) is 9.78. The second-order valence-corrected chi connectivity index (χ2v) is 4.12. The summed E-state index contributed by atoms with van der Waals surface area (Å²) in [5, 5.41) is 3.47. The molecule has 1 rings (SSSR count). The molecular weight excluding hydrogens is 238 g/mol. The van der Waals surface area contributed by atoms with Gasteiger partial charge in [-0.25, -0.2) is 4.79 Å². The molecule has 0 heterocycles. The van der Waals surface area contributed by atoms with Gasteiger partial charge in [-0.05, 0) is 30.5 Å². The van der Waals surface area contributed by atoms with Gasteiger partial charge in [0.05, 0.1) is 7.11 Å². The van der Waals surface area contributed by atoms with E-state index < -0.39 is 6.09 Å². The number of rotatable bonds is 5. The Morgan fingerprint density at radius 2 is 2.18 bits per heavy atom. The van der Waals surface area contributed by atoms with Gasteiger partial charge in [0, 0.05) is 11.1 Å². The van der Waals surface area contributed by atoms with Gasteiger partial charge in [-0.2, -0.15) is 0 Å². The summed E-state index contributed by atoms with van der Waals surface area (Å²) in [6, 6.07) is 7.54. The smallest absolute Gasteiger partial charge is 0.407 e. The predicted octanol–water partition coefficient (Wildman–Crippen LogP) is 3.18. The van der Waals surface area contributed by atoms with E-state index in [1.165, 1.54) is 7.11 Å². The number of carbonyl (C=O) groups is 1. The van der Waals surface area contributed by atoms with Crippen molar-refractivity contribution in [2.75, 3.05) is 7.11 Å². The van der Waals surface area contributed by atoms with Crippen LogP contribution >= 0.6 is 11.6 Å². The quantitative estimate of drug-likeness (QED) is 0.819. The summed E-state index contributed by atoms with van der Waals surface area (Å²) >= 11 is 5.81. The highest BCUT2D eigenvalue weighted by Gasteiger charge is 2.11. The number of benzene rings is 1. The summed E-state index contributed by atoms with van der Waals surface area (Å²) in [7, 11) is 1.35. The van der Waals surface area contributed by atoms with Crippen molar-refractivity contribution >= 4 is 17.7 Å². The molecule has 0 aromatic heterocycles. The normalized spacial score (nSPS) is 11.6. The predicted molar refractivity (Wildman–Crippen MR) is 69.3 cm³/mol. The average Bonchev–Trinajstić information content (AvgIpc) is 2.32. The Labute approximate surface area is 106 Å². The molecule has 1 aromatic carbocycles. The van der Waals surface area contributed by atoms with Gasteiger partial charge in [-0.1, -0.05) is 29.8 Å². The number of alkyl carbamates (subject to hydrolysis) is 1. The SMILES string of the molecule is C=CC[C@@H](Cc1ccc(Cl)cc1)NC(=O)OC. The van der Waals surface area contributed by atoms with E-state index >= 15 is 0 Å². The van der Waals surface area contributed by atoms with E-state index in [1.54, 1.807) is 6.08 Å². The van der Waals surface area contributed by atoms with E-state index in [9.17, 15) is 4.79 Å². The molecular formula is C13H16ClNO2. The number of hydrogen-bond donors (Lipinski definition) is 1. The van der Waals surface area contributed by atoms with Crippen molar-refractivity contribution in [3.63, 3.8) is 0 Å². The monoisotopic (exact) mass is 253 g/mol. The summed E-state index contributed by atoms with van der Waals surface area (Å²) < 4.78 is 4.58. The minimum absolute atomic E-state index is 0.0128. The molecule has 0 radical (unpaired) electrons. The highest BCUT2D eigenvalue weighted by Crippen LogP contribution is 2.12. The zero-order valence-corrected chi connectivity index (χ0v) is 10.5. The van der Waals surface area contributed by atoms with Crippen LogP contribution in [0.2, 0.25) is 5.02 Å². The minimum Gasteiger partial charge on any atom is -0.453 e. The van der Waals surface area contributed by atoms with Crippen LogP contribution in [0.3, 0.4) is 0 Å². The van der Waals surface area contributed by atoms with E-state index in [-0.39, 0.29) is 6.04 Å². The third kappa shape index (κ3) is 4.91. The second kappa shape index (κ2) is 6.97. The number of halogens is 1. The number of hydrogen-bond acceptors (Lipinski definition) is 2. The van der Waals surface area contributed by atoms with Crippen LogP contribution in [0.15, 0.2) is 36.9 Å². The third-order valence-corrected chi connectivity index (χ3v) is 2.61. The number of methoxy groups -OCH3 is 1. The lowest BCUT2D eigenvalue weighted by atomic mass is 10.0. The first-order valence-corrected chi connectivity index (χ1v) is 5.73.